The van der Waals surface area contributed by atoms with Crippen LogP contribution in [0, 0.1) is 13.8 Å². The molecule has 2 aromatic heterocycles. The van der Waals surface area contributed by atoms with Crippen LogP contribution in [0.15, 0.2) is 56.8 Å². The van der Waals surface area contributed by atoms with Crippen LogP contribution in [0.1, 0.15) is 29.8 Å². The smallest absolute Gasteiger partial charge is 0.266 e. The zero-order valence-corrected chi connectivity index (χ0v) is 16.8. The van der Waals surface area contributed by atoms with Crippen molar-refractivity contribution in [3.8, 4) is 5.69 Å². The molecule has 28 heavy (non-hydrogen) atoms. The summed E-state index contributed by atoms with van der Waals surface area (Å²) in [5, 5.41) is 9.27. The monoisotopic (exact) mass is 392 g/mol. The molecule has 0 atom stereocenters. The number of rotatable bonds is 5. The van der Waals surface area contributed by atoms with E-state index < -0.39 is 0 Å². The fourth-order valence-corrected chi connectivity index (χ4v) is 3.86. The van der Waals surface area contributed by atoms with Crippen molar-refractivity contribution in [3.05, 3.63) is 75.7 Å². The third-order valence-electron chi connectivity index (χ3n) is 4.70. The van der Waals surface area contributed by atoms with Gasteiger partial charge in [-0.2, -0.15) is 0 Å². The average molecular weight is 392 g/mol. The van der Waals surface area contributed by atoms with Crippen LogP contribution >= 0.6 is 11.8 Å². The number of aryl methyl sites for hydroxylation is 2. The lowest BCUT2D eigenvalue weighted by Gasteiger charge is -2.15. The van der Waals surface area contributed by atoms with E-state index in [1.807, 2.05) is 63.2 Å². The average Bonchev–Trinajstić information content (AvgIpc) is 3.17. The van der Waals surface area contributed by atoms with Crippen LogP contribution in [0.4, 0.5) is 0 Å². The van der Waals surface area contributed by atoms with Gasteiger partial charge in [-0.05, 0) is 43.2 Å². The standard InChI is InChI=1S/C21H20N4O2S/c1-4-18-23-24-19(27-18)12-28-21-22-16-10-6-5-9-15(16)20(26)25(21)17-11-7-8-13(2)14(17)3/h5-11H,4,12H2,1-3H3. The molecule has 4 aromatic rings. The molecule has 0 aliphatic carbocycles. The topological polar surface area (TPSA) is 73.8 Å². The highest BCUT2D eigenvalue weighted by Gasteiger charge is 2.16. The number of fused-ring (bicyclic) bond motifs is 1. The van der Waals surface area contributed by atoms with Crippen molar-refractivity contribution in [3.63, 3.8) is 0 Å². The zero-order chi connectivity index (χ0) is 19.7. The largest absolute Gasteiger partial charge is 0.424 e. The Labute approximate surface area is 166 Å². The Bertz CT molecular complexity index is 1210. The number of thioether (sulfide) groups is 1. The van der Waals surface area contributed by atoms with E-state index in [2.05, 4.69) is 10.2 Å². The summed E-state index contributed by atoms with van der Waals surface area (Å²) >= 11 is 1.42. The molecule has 2 aromatic carbocycles. The van der Waals surface area contributed by atoms with E-state index in [1.54, 1.807) is 4.57 Å². The van der Waals surface area contributed by atoms with Crippen molar-refractivity contribution in [2.75, 3.05) is 0 Å². The Morgan fingerprint density at radius 1 is 1.04 bits per heavy atom. The minimum atomic E-state index is -0.0819. The van der Waals surface area contributed by atoms with E-state index in [0.29, 0.717) is 40.0 Å². The Kier molecular flexibility index (Phi) is 5.00. The van der Waals surface area contributed by atoms with E-state index in [1.165, 1.54) is 11.8 Å². The molecule has 0 saturated carbocycles. The quantitative estimate of drug-likeness (QED) is 0.374. The van der Waals surface area contributed by atoms with Crippen LogP contribution in [0.2, 0.25) is 0 Å². The number of para-hydroxylation sites is 1. The van der Waals surface area contributed by atoms with Crippen LogP contribution in [-0.4, -0.2) is 19.7 Å². The van der Waals surface area contributed by atoms with Crippen molar-refractivity contribution in [2.45, 2.75) is 38.1 Å². The summed E-state index contributed by atoms with van der Waals surface area (Å²) in [6.07, 6.45) is 0.694. The first-order valence-electron chi connectivity index (χ1n) is 9.11. The van der Waals surface area contributed by atoms with Crippen molar-refractivity contribution in [2.24, 2.45) is 0 Å². The number of hydrogen-bond donors (Lipinski definition) is 0. The maximum absolute atomic E-state index is 13.3. The molecule has 0 spiro atoms. The molecule has 0 bridgehead atoms. The maximum atomic E-state index is 13.3. The van der Waals surface area contributed by atoms with E-state index >= 15 is 0 Å². The van der Waals surface area contributed by atoms with Gasteiger partial charge in [0.1, 0.15) is 0 Å². The summed E-state index contributed by atoms with van der Waals surface area (Å²) < 4.78 is 7.29. The molecular weight excluding hydrogens is 372 g/mol. The van der Waals surface area contributed by atoms with Gasteiger partial charge in [-0.25, -0.2) is 4.98 Å². The molecule has 0 aliphatic heterocycles. The highest BCUT2D eigenvalue weighted by molar-refractivity contribution is 7.98. The number of benzene rings is 2. The molecule has 4 rings (SSSR count). The Morgan fingerprint density at radius 3 is 2.61 bits per heavy atom. The summed E-state index contributed by atoms with van der Waals surface area (Å²) in [4.78, 5) is 18.1. The predicted octanol–water partition coefficient (Wildman–Crippen LogP) is 4.24. The number of nitrogens with zero attached hydrogens (tertiary/aromatic N) is 4. The molecule has 7 heteroatoms. The van der Waals surface area contributed by atoms with Crippen molar-refractivity contribution in [1.29, 1.82) is 0 Å². The lowest BCUT2D eigenvalue weighted by Crippen LogP contribution is -2.22. The molecule has 0 unspecified atom stereocenters. The fraction of sp³-hybridized carbons (Fsp3) is 0.238. The molecule has 0 N–H and O–H groups in total. The SMILES string of the molecule is CCc1nnc(CSc2nc3ccccc3c(=O)n2-c2cccc(C)c2C)o1. The normalized spacial score (nSPS) is 11.2. The predicted molar refractivity (Wildman–Crippen MR) is 110 cm³/mol. The van der Waals surface area contributed by atoms with Gasteiger partial charge in [-0.1, -0.05) is 43.0 Å². The van der Waals surface area contributed by atoms with Gasteiger partial charge >= 0.3 is 0 Å². The van der Waals surface area contributed by atoms with E-state index in [4.69, 9.17) is 9.40 Å². The molecule has 0 amide bonds. The lowest BCUT2D eigenvalue weighted by molar-refractivity contribution is 0.469. The molecule has 0 aliphatic rings. The Hall–Kier alpha value is -2.93. The van der Waals surface area contributed by atoms with Crippen LogP contribution in [0.25, 0.3) is 16.6 Å². The van der Waals surface area contributed by atoms with Crippen LogP contribution in [0.3, 0.4) is 0 Å². The highest BCUT2D eigenvalue weighted by Crippen LogP contribution is 2.26. The lowest BCUT2D eigenvalue weighted by atomic mass is 10.1. The van der Waals surface area contributed by atoms with Gasteiger partial charge in [0.2, 0.25) is 11.8 Å². The summed E-state index contributed by atoms with van der Waals surface area (Å²) in [5.74, 6) is 1.58. The minimum Gasteiger partial charge on any atom is -0.424 e. The second-order valence-electron chi connectivity index (χ2n) is 6.50. The van der Waals surface area contributed by atoms with Crippen molar-refractivity contribution in [1.82, 2.24) is 19.7 Å². The number of aromatic nitrogens is 4. The van der Waals surface area contributed by atoms with Gasteiger partial charge in [0.15, 0.2) is 5.16 Å². The molecule has 0 fully saturated rings. The number of hydrogen-bond acceptors (Lipinski definition) is 6. The summed E-state index contributed by atoms with van der Waals surface area (Å²) in [5.41, 5.74) is 3.61. The third kappa shape index (κ3) is 3.33. The molecule has 0 saturated heterocycles. The van der Waals surface area contributed by atoms with E-state index in [-0.39, 0.29) is 5.56 Å². The minimum absolute atomic E-state index is 0.0819. The molecular formula is C21H20N4O2S. The third-order valence-corrected chi connectivity index (χ3v) is 5.62. The molecule has 0 radical (unpaired) electrons. The van der Waals surface area contributed by atoms with Crippen molar-refractivity contribution < 1.29 is 4.42 Å². The first kappa shape index (κ1) is 18.4. The van der Waals surface area contributed by atoms with Crippen molar-refractivity contribution >= 4 is 22.7 Å². The molecule has 142 valence electrons. The van der Waals surface area contributed by atoms with E-state index in [9.17, 15) is 4.79 Å². The summed E-state index contributed by atoms with van der Waals surface area (Å²) in [7, 11) is 0. The second-order valence-corrected chi connectivity index (χ2v) is 7.45. The van der Waals surface area contributed by atoms with Gasteiger partial charge in [0, 0.05) is 6.42 Å². The highest BCUT2D eigenvalue weighted by atomic mass is 32.2. The first-order valence-corrected chi connectivity index (χ1v) is 10.1. The fourth-order valence-electron chi connectivity index (χ4n) is 3.02. The first-order chi connectivity index (χ1) is 13.6. The van der Waals surface area contributed by atoms with Gasteiger partial charge in [-0.15, -0.1) is 10.2 Å². The Morgan fingerprint density at radius 2 is 1.82 bits per heavy atom. The van der Waals surface area contributed by atoms with Crippen LogP contribution < -0.4 is 5.56 Å². The van der Waals surface area contributed by atoms with Crippen LogP contribution in [-0.2, 0) is 12.2 Å². The van der Waals surface area contributed by atoms with Gasteiger partial charge < -0.3 is 4.42 Å². The maximum Gasteiger partial charge on any atom is 0.266 e. The summed E-state index contributed by atoms with van der Waals surface area (Å²) in [6.45, 7) is 6.02. The van der Waals surface area contributed by atoms with E-state index in [0.717, 1.165) is 16.8 Å². The van der Waals surface area contributed by atoms with Gasteiger partial charge in [-0.3, -0.25) is 9.36 Å². The molecule has 2 heterocycles. The Balaban J connectivity index is 1.86. The van der Waals surface area contributed by atoms with Crippen LogP contribution in [0.5, 0.6) is 0 Å². The second kappa shape index (κ2) is 7.59. The summed E-state index contributed by atoms with van der Waals surface area (Å²) in [6, 6.07) is 13.4. The molecule has 6 nitrogen and oxygen atoms in total. The van der Waals surface area contributed by atoms with Gasteiger partial charge in [0.05, 0.1) is 22.3 Å². The van der Waals surface area contributed by atoms with Gasteiger partial charge in [0.25, 0.3) is 5.56 Å². The zero-order valence-electron chi connectivity index (χ0n) is 16.0.